The molecule has 0 radical (unpaired) electrons. The van der Waals surface area contributed by atoms with E-state index in [0.717, 1.165) is 5.02 Å². The second-order valence-corrected chi connectivity index (χ2v) is 5.78. The van der Waals surface area contributed by atoms with Gasteiger partial charge in [-0.2, -0.15) is 0 Å². The van der Waals surface area contributed by atoms with Crippen LogP contribution in [0.1, 0.15) is 28.8 Å². The Morgan fingerprint density at radius 1 is 0.944 bits per heavy atom. The van der Waals surface area contributed by atoms with E-state index in [2.05, 4.69) is 30.3 Å². The molecule has 0 N–H and O–H groups in total. The molecular formula is C16H14Cl2. The third kappa shape index (κ3) is 2.41. The van der Waals surface area contributed by atoms with E-state index in [4.69, 9.17) is 23.2 Å². The van der Waals surface area contributed by atoms with Crippen LogP contribution in [-0.2, 0) is 0 Å². The van der Waals surface area contributed by atoms with Crippen molar-refractivity contribution in [3.8, 4) is 0 Å². The van der Waals surface area contributed by atoms with Crippen LogP contribution in [0, 0.1) is 5.92 Å². The predicted octanol–water partition coefficient (Wildman–Crippen LogP) is 5.42. The van der Waals surface area contributed by atoms with Gasteiger partial charge in [-0.15, -0.1) is 11.6 Å². The first kappa shape index (κ1) is 12.1. The van der Waals surface area contributed by atoms with Crippen LogP contribution in [0.25, 0.3) is 0 Å². The first-order valence-corrected chi connectivity index (χ1v) is 7.01. The summed E-state index contributed by atoms with van der Waals surface area (Å²) in [4.78, 5) is 0. The van der Waals surface area contributed by atoms with Crippen LogP contribution in [0.5, 0.6) is 0 Å². The monoisotopic (exact) mass is 276 g/mol. The van der Waals surface area contributed by atoms with Gasteiger partial charge < -0.3 is 0 Å². The Morgan fingerprint density at radius 2 is 1.61 bits per heavy atom. The molecule has 0 aromatic heterocycles. The molecule has 0 nitrogen and oxygen atoms in total. The van der Waals surface area contributed by atoms with Crippen molar-refractivity contribution in [2.24, 2.45) is 5.92 Å². The molecule has 0 aliphatic heterocycles. The number of rotatable bonds is 3. The van der Waals surface area contributed by atoms with Crippen molar-refractivity contribution >= 4 is 23.2 Å². The minimum Gasteiger partial charge on any atom is -0.117 e. The predicted molar refractivity (Wildman–Crippen MR) is 77.3 cm³/mol. The highest BCUT2D eigenvalue weighted by Crippen LogP contribution is 2.56. The number of hydrogen-bond donors (Lipinski definition) is 0. The average molecular weight is 277 g/mol. The lowest BCUT2D eigenvalue weighted by Crippen LogP contribution is -1.94. The lowest BCUT2D eigenvalue weighted by Gasteiger charge is -2.09. The number of benzene rings is 2. The fourth-order valence-electron chi connectivity index (χ4n) is 2.52. The molecule has 3 atom stereocenters. The SMILES string of the molecule is Clc1ccc(C(Cl)C2CC2c2ccccc2)cc1. The summed E-state index contributed by atoms with van der Waals surface area (Å²) in [6.45, 7) is 0. The molecule has 0 saturated heterocycles. The molecule has 1 aliphatic carbocycles. The Kier molecular flexibility index (Phi) is 3.32. The van der Waals surface area contributed by atoms with Crippen molar-refractivity contribution in [3.05, 3.63) is 70.7 Å². The molecule has 92 valence electrons. The Bertz CT molecular complexity index is 519. The van der Waals surface area contributed by atoms with Crippen LogP contribution >= 0.6 is 23.2 Å². The number of hydrogen-bond acceptors (Lipinski definition) is 0. The van der Waals surface area contributed by atoms with Crippen molar-refractivity contribution < 1.29 is 0 Å². The molecule has 0 amide bonds. The van der Waals surface area contributed by atoms with Crippen LogP contribution in [0.3, 0.4) is 0 Å². The Labute approximate surface area is 118 Å². The molecule has 2 aromatic rings. The zero-order valence-electron chi connectivity index (χ0n) is 9.89. The lowest BCUT2D eigenvalue weighted by atomic mass is 10.0. The topological polar surface area (TPSA) is 0 Å². The van der Waals surface area contributed by atoms with Crippen LogP contribution in [0.2, 0.25) is 5.02 Å². The minimum absolute atomic E-state index is 0.0903. The lowest BCUT2D eigenvalue weighted by molar-refractivity contribution is 0.764. The summed E-state index contributed by atoms with van der Waals surface area (Å²) in [5.74, 6) is 1.17. The van der Waals surface area contributed by atoms with Gasteiger partial charge in [0, 0.05) is 5.02 Å². The number of alkyl halides is 1. The van der Waals surface area contributed by atoms with Gasteiger partial charge in [-0.3, -0.25) is 0 Å². The zero-order chi connectivity index (χ0) is 12.5. The average Bonchev–Trinajstić information content (AvgIpc) is 3.20. The van der Waals surface area contributed by atoms with Gasteiger partial charge in [0.15, 0.2) is 0 Å². The van der Waals surface area contributed by atoms with Crippen LogP contribution in [0.4, 0.5) is 0 Å². The van der Waals surface area contributed by atoms with Gasteiger partial charge in [-0.05, 0) is 41.5 Å². The molecule has 1 fully saturated rings. The maximum atomic E-state index is 6.56. The molecule has 0 bridgehead atoms. The highest BCUT2D eigenvalue weighted by molar-refractivity contribution is 6.30. The van der Waals surface area contributed by atoms with E-state index >= 15 is 0 Å². The Hall–Kier alpha value is -0.980. The van der Waals surface area contributed by atoms with E-state index in [9.17, 15) is 0 Å². The molecule has 2 heteroatoms. The molecule has 1 saturated carbocycles. The summed E-state index contributed by atoms with van der Waals surface area (Å²) in [5.41, 5.74) is 2.58. The van der Waals surface area contributed by atoms with Gasteiger partial charge in [0.1, 0.15) is 0 Å². The number of halogens is 2. The fraction of sp³-hybridized carbons (Fsp3) is 0.250. The van der Waals surface area contributed by atoms with Gasteiger partial charge in [0.2, 0.25) is 0 Å². The van der Waals surface area contributed by atoms with Crippen LogP contribution in [0.15, 0.2) is 54.6 Å². The summed E-state index contributed by atoms with van der Waals surface area (Å²) in [6, 6.07) is 18.5. The quantitative estimate of drug-likeness (QED) is 0.657. The third-order valence-electron chi connectivity index (χ3n) is 3.63. The molecular weight excluding hydrogens is 263 g/mol. The normalized spacial score (nSPS) is 23.7. The molecule has 3 rings (SSSR count). The van der Waals surface area contributed by atoms with E-state index in [1.165, 1.54) is 17.5 Å². The molecule has 0 heterocycles. The van der Waals surface area contributed by atoms with E-state index < -0.39 is 0 Å². The summed E-state index contributed by atoms with van der Waals surface area (Å²) in [6.07, 6.45) is 1.18. The molecule has 18 heavy (non-hydrogen) atoms. The smallest absolute Gasteiger partial charge is 0.0619 e. The van der Waals surface area contributed by atoms with E-state index in [0.29, 0.717) is 11.8 Å². The van der Waals surface area contributed by atoms with Crippen molar-refractivity contribution in [1.29, 1.82) is 0 Å². The standard InChI is InChI=1S/C16H14Cl2/c17-13-8-6-12(7-9-13)16(18)15-10-14(15)11-4-2-1-3-5-11/h1-9,14-16H,10H2. The van der Waals surface area contributed by atoms with Crippen molar-refractivity contribution in [2.75, 3.05) is 0 Å². The van der Waals surface area contributed by atoms with Crippen LogP contribution < -0.4 is 0 Å². The van der Waals surface area contributed by atoms with Crippen LogP contribution in [-0.4, -0.2) is 0 Å². The fourth-order valence-corrected chi connectivity index (χ4v) is 3.07. The van der Waals surface area contributed by atoms with E-state index in [1.807, 2.05) is 24.3 Å². The maximum Gasteiger partial charge on any atom is 0.0619 e. The summed E-state index contributed by atoms with van der Waals surface area (Å²) in [5, 5.41) is 0.852. The largest absolute Gasteiger partial charge is 0.117 e. The summed E-state index contributed by atoms with van der Waals surface area (Å²) < 4.78 is 0. The van der Waals surface area contributed by atoms with E-state index in [1.54, 1.807) is 0 Å². The van der Waals surface area contributed by atoms with Gasteiger partial charge in [0.05, 0.1) is 5.38 Å². The van der Waals surface area contributed by atoms with Crippen molar-refractivity contribution in [2.45, 2.75) is 17.7 Å². The summed E-state index contributed by atoms with van der Waals surface area (Å²) in [7, 11) is 0. The minimum atomic E-state index is 0.0903. The van der Waals surface area contributed by atoms with E-state index in [-0.39, 0.29) is 5.38 Å². The zero-order valence-corrected chi connectivity index (χ0v) is 11.4. The maximum absolute atomic E-state index is 6.56. The highest BCUT2D eigenvalue weighted by Gasteiger charge is 2.43. The molecule has 3 unspecified atom stereocenters. The molecule has 2 aromatic carbocycles. The second-order valence-electron chi connectivity index (χ2n) is 4.87. The summed E-state index contributed by atoms with van der Waals surface area (Å²) >= 11 is 12.5. The van der Waals surface area contributed by atoms with Gasteiger partial charge in [-0.25, -0.2) is 0 Å². The molecule has 1 aliphatic rings. The first-order valence-electron chi connectivity index (χ1n) is 6.20. The third-order valence-corrected chi connectivity index (χ3v) is 4.46. The second kappa shape index (κ2) is 4.95. The Morgan fingerprint density at radius 3 is 2.28 bits per heavy atom. The van der Waals surface area contributed by atoms with Crippen molar-refractivity contribution in [3.63, 3.8) is 0 Å². The first-order chi connectivity index (χ1) is 8.75. The molecule has 0 spiro atoms. The van der Waals surface area contributed by atoms with Gasteiger partial charge in [-0.1, -0.05) is 54.1 Å². The Balaban J connectivity index is 1.73. The van der Waals surface area contributed by atoms with Crippen molar-refractivity contribution in [1.82, 2.24) is 0 Å². The van der Waals surface area contributed by atoms with Gasteiger partial charge in [0.25, 0.3) is 0 Å². The highest BCUT2D eigenvalue weighted by atomic mass is 35.5. The van der Waals surface area contributed by atoms with Gasteiger partial charge >= 0.3 is 0 Å².